The molecule has 2 aromatic heterocycles. The number of carbonyl (C=O) groups is 10. The van der Waals surface area contributed by atoms with Gasteiger partial charge in [-0.3, -0.25) is 43.2 Å². The number of amides is 11. The Labute approximate surface area is 424 Å². The molecule has 1 saturated carbocycles. The van der Waals surface area contributed by atoms with Gasteiger partial charge in [-0.1, -0.05) is 43.7 Å². The summed E-state index contributed by atoms with van der Waals surface area (Å²) >= 11 is 1.41. The van der Waals surface area contributed by atoms with Crippen LogP contribution in [0.2, 0.25) is 0 Å². The molecule has 1 aliphatic carbocycles. The molecule has 9 atom stereocenters. The molecule has 1 aromatic carbocycles. The number of aliphatic hydroxyl groups excluding tert-OH is 1. The van der Waals surface area contributed by atoms with E-state index >= 15 is 4.79 Å². The number of nitrogens with zero attached hydrogens (tertiary/aromatic N) is 4. The number of hydrogen-bond acceptors (Lipinski definition) is 15. The number of likely N-dealkylation sites (tertiary alicyclic amines) is 1. The van der Waals surface area contributed by atoms with E-state index in [0.717, 1.165) is 16.0 Å². The summed E-state index contributed by atoms with van der Waals surface area (Å²) in [5.41, 5.74) is 28.5. The van der Waals surface area contributed by atoms with Crippen molar-refractivity contribution in [2.75, 3.05) is 19.7 Å². The predicted octanol–water partition coefficient (Wildman–Crippen LogP) is -3.89. The Bertz CT molecular complexity index is 2500. The summed E-state index contributed by atoms with van der Waals surface area (Å²) in [4.78, 5) is 133. The van der Waals surface area contributed by atoms with E-state index in [0.29, 0.717) is 11.3 Å². The van der Waals surface area contributed by atoms with Crippen molar-refractivity contribution in [2.45, 2.75) is 107 Å². The highest BCUT2D eigenvalue weighted by Gasteiger charge is 2.46. The molecule has 3 heterocycles. The fraction of sp³-hybridized carbons (Fsp3) is 0.457. The summed E-state index contributed by atoms with van der Waals surface area (Å²) in [5.74, 6) is -8.55. The summed E-state index contributed by atoms with van der Waals surface area (Å²) < 4.78 is 2.40. The van der Waals surface area contributed by atoms with E-state index in [1.165, 1.54) is 20.9 Å². The number of urea groups is 1. The Hall–Kier alpha value is -7.26. The van der Waals surface area contributed by atoms with Gasteiger partial charge in [-0.05, 0) is 66.8 Å². The average Bonchev–Trinajstić information content (AvgIpc) is 4.20. The predicted molar refractivity (Wildman–Crippen MR) is 262 cm³/mol. The van der Waals surface area contributed by atoms with Crippen LogP contribution in [0.4, 0.5) is 4.79 Å². The fourth-order valence-electron chi connectivity index (χ4n) is 8.15. The Morgan fingerprint density at radius 1 is 0.822 bits per heavy atom. The SMILES string of the molecule is CC[C@@H](C)[C@@H](NC(=O)[C@@H](CC(N)=O)NC(=O)[C@@H](CC(N)=O)NC(=O)[C@H](N)CCCNC(N)=O)C(=O)N1C[C@@H](n2cc([C]3[CH][CH][CH][CH]3)nn2)C[C@H]1C(=O)N[C@H](Cc1csc2ccccc12)C(=O)N[C@H](CO)C(N)=O. The van der Waals surface area contributed by atoms with Crippen molar-refractivity contribution in [3.05, 3.63) is 78.7 Å². The number of nitrogens with one attached hydrogen (secondary N) is 6. The molecule has 26 nitrogen and oxygen atoms in total. The van der Waals surface area contributed by atoms with Gasteiger partial charge in [0.25, 0.3) is 0 Å². The van der Waals surface area contributed by atoms with Crippen LogP contribution < -0.4 is 60.6 Å². The zero-order valence-electron chi connectivity index (χ0n) is 40.2. The largest absolute Gasteiger partial charge is 0.394 e. The highest BCUT2D eigenvalue weighted by atomic mass is 32.1. The normalized spacial score (nSPS) is 18.5. The van der Waals surface area contributed by atoms with E-state index in [4.69, 9.17) is 28.7 Å². The average molecular weight is 1030 g/mol. The van der Waals surface area contributed by atoms with Crippen molar-refractivity contribution in [2.24, 2.45) is 34.6 Å². The lowest BCUT2D eigenvalue weighted by Gasteiger charge is -2.33. The van der Waals surface area contributed by atoms with Gasteiger partial charge in [-0.15, -0.1) is 16.4 Å². The fourth-order valence-corrected chi connectivity index (χ4v) is 9.12. The van der Waals surface area contributed by atoms with Crippen LogP contribution in [0.1, 0.15) is 69.7 Å². The molecule has 3 aromatic rings. The number of aromatic nitrogens is 3. The molecule has 11 amide bonds. The first-order valence-corrected chi connectivity index (χ1v) is 24.3. The topological polar surface area (TPSA) is 427 Å². The maximum atomic E-state index is 15.1. The molecular formula is C46H62N15O11S. The second kappa shape index (κ2) is 26.4. The third kappa shape index (κ3) is 15.6. The second-order valence-electron chi connectivity index (χ2n) is 17.7. The van der Waals surface area contributed by atoms with Gasteiger partial charge in [-0.2, -0.15) is 0 Å². The van der Waals surface area contributed by atoms with E-state index in [9.17, 15) is 48.3 Å². The Kier molecular flexibility index (Phi) is 20.5. The Morgan fingerprint density at radius 3 is 2.05 bits per heavy atom. The number of fused-ring (bicyclic) bond motifs is 1. The summed E-state index contributed by atoms with van der Waals surface area (Å²) in [6.07, 6.45) is 7.72. The zero-order valence-corrected chi connectivity index (χ0v) is 41.0. The van der Waals surface area contributed by atoms with Gasteiger partial charge in [-0.25, -0.2) is 9.48 Å². The molecule has 2 aliphatic rings. The second-order valence-corrected chi connectivity index (χ2v) is 18.6. The van der Waals surface area contributed by atoms with Crippen molar-refractivity contribution >= 4 is 80.6 Å². The molecule has 5 radical (unpaired) electrons. The smallest absolute Gasteiger partial charge is 0.312 e. The van der Waals surface area contributed by atoms with Crippen LogP contribution in [-0.2, 0) is 49.6 Å². The molecule has 1 saturated heterocycles. The molecule has 0 unspecified atom stereocenters. The molecule has 27 heteroatoms. The van der Waals surface area contributed by atoms with Crippen molar-refractivity contribution in [3.8, 4) is 0 Å². The van der Waals surface area contributed by atoms with Crippen LogP contribution in [0.5, 0.6) is 0 Å². The molecule has 393 valence electrons. The number of thiophene rings is 1. The number of nitrogens with two attached hydrogens (primary N) is 5. The Balaban J connectivity index is 1.43. The van der Waals surface area contributed by atoms with Crippen LogP contribution in [0, 0.1) is 37.5 Å². The van der Waals surface area contributed by atoms with Gasteiger partial charge >= 0.3 is 6.03 Å². The molecular weight excluding hydrogens is 971 g/mol. The van der Waals surface area contributed by atoms with E-state index in [1.54, 1.807) is 20.0 Å². The minimum atomic E-state index is -1.78. The summed E-state index contributed by atoms with van der Waals surface area (Å²) in [7, 11) is 0. The van der Waals surface area contributed by atoms with Gasteiger partial charge in [0.1, 0.15) is 36.3 Å². The minimum absolute atomic E-state index is 0.0219. The summed E-state index contributed by atoms with van der Waals surface area (Å²) in [6.45, 7) is 2.48. The van der Waals surface area contributed by atoms with Crippen LogP contribution >= 0.6 is 11.3 Å². The molecule has 5 rings (SSSR count). The number of aliphatic hydroxyl groups is 1. The number of rotatable bonds is 27. The summed E-state index contributed by atoms with van der Waals surface area (Å²) in [5, 5.41) is 35.8. The number of carbonyl (C=O) groups excluding carboxylic acids is 10. The third-order valence-electron chi connectivity index (χ3n) is 12.3. The molecule has 17 N–H and O–H groups in total. The number of hydrogen-bond donors (Lipinski definition) is 12. The van der Waals surface area contributed by atoms with Crippen molar-refractivity contribution in [1.82, 2.24) is 51.8 Å². The maximum absolute atomic E-state index is 15.1. The van der Waals surface area contributed by atoms with E-state index in [1.807, 2.05) is 55.3 Å². The highest BCUT2D eigenvalue weighted by molar-refractivity contribution is 7.17. The Morgan fingerprint density at radius 2 is 1.44 bits per heavy atom. The van der Waals surface area contributed by atoms with Crippen LogP contribution in [-0.4, -0.2) is 146 Å². The summed E-state index contributed by atoms with van der Waals surface area (Å²) in [6, 6.07) is -4.44. The molecule has 73 heavy (non-hydrogen) atoms. The van der Waals surface area contributed by atoms with Gasteiger partial charge in [0.2, 0.25) is 53.2 Å². The standard InChI is InChI=1S/C46H62N15O11S/c1-3-23(2)38(57-43(69)31(18-37(49)64)54-42(68)30(17-36(48)63)53-40(66)28(47)12-8-14-52-46(51)72)45(71)60-19-26(61-20-32(58-59-61)24-9-4-5-10-24)16-34(60)44(70)55-29(41(67)56-33(21-62)39(50)65)15-25-22-73-35-13-7-6-11-27(25)35/h4-7,9-11,13,20,22-23,26,28-31,33-34,38,62H,3,8,12,14-19,21,47H2,1-2H3,(H2,48,63)(H2,49,64)(H2,50,65)(H,53,66)(H,54,68)(H,55,70)(H,56,67)(H,57,69)(H3,51,52,72)/t23-,26+,28-,29-,30-,31-,33-,34+,38-/m1/s1. The van der Waals surface area contributed by atoms with Crippen LogP contribution in [0.25, 0.3) is 10.1 Å². The highest BCUT2D eigenvalue weighted by Crippen LogP contribution is 2.33. The minimum Gasteiger partial charge on any atom is -0.394 e. The van der Waals surface area contributed by atoms with Gasteiger partial charge in [0, 0.05) is 42.7 Å². The van der Waals surface area contributed by atoms with E-state index in [-0.39, 0.29) is 45.2 Å². The monoisotopic (exact) mass is 1030 g/mol. The van der Waals surface area contributed by atoms with Gasteiger partial charge in [0.15, 0.2) is 0 Å². The molecule has 0 bridgehead atoms. The van der Waals surface area contributed by atoms with Crippen molar-refractivity contribution in [1.29, 1.82) is 0 Å². The van der Waals surface area contributed by atoms with Crippen LogP contribution in [0.3, 0.4) is 0 Å². The van der Waals surface area contributed by atoms with E-state index < -0.39 is 133 Å². The lowest BCUT2D eigenvalue weighted by molar-refractivity contribution is -0.144. The first-order chi connectivity index (χ1) is 34.7. The first kappa shape index (κ1) is 56.7. The number of primary amides is 4. The van der Waals surface area contributed by atoms with E-state index in [2.05, 4.69) is 42.2 Å². The molecule has 0 spiro atoms. The lowest BCUT2D eigenvalue weighted by atomic mass is 9.96. The lowest BCUT2D eigenvalue weighted by Crippen LogP contribution is -2.61. The van der Waals surface area contributed by atoms with Crippen molar-refractivity contribution in [3.63, 3.8) is 0 Å². The van der Waals surface area contributed by atoms with Crippen molar-refractivity contribution < 1.29 is 53.1 Å². The quantitative estimate of drug-likeness (QED) is 0.0325. The van der Waals surface area contributed by atoms with Gasteiger partial charge < -0.3 is 70.6 Å². The number of benzene rings is 1. The molecule has 2 fully saturated rings. The van der Waals surface area contributed by atoms with Gasteiger partial charge in [0.05, 0.1) is 37.2 Å². The third-order valence-corrected chi connectivity index (χ3v) is 13.4. The zero-order chi connectivity index (χ0) is 53.5. The van der Waals surface area contributed by atoms with Crippen LogP contribution in [0.15, 0.2) is 35.8 Å². The maximum Gasteiger partial charge on any atom is 0.312 e. The molecule has 1 aliphatic heterocycles. The first-order valence-electron chi connectivity index (χ1n) is 23.4.